The molecule has 0 amide bonds. The van der Waals surface area contributed by atoms with Gasteiger partial charge in [0.25, 0.3) is 0 Å². The summed E-state index contributed by atoms with van der Waals surface area (Å²) in [7, 11) is 1.43. The lowest BCUT2D eigenvalue weighted by Crippen LogP contribution is -2.31. The number of aromatic nitrogens is 2. The lowest BCUT2D eigenvalue weighted by molar-refractivity contribution is 0.0604. The van der Waals surface area contributed by atoms with Crippen LogP contribution < -0.4 is 4.90 Å². The molecule has 0 bridgehead atoms. The van der Waals surface area contributed by atoms with Gasteiger partial charge >= 0.3 is 5.97 Å². The summed E-state index contributed by atoms with van der Waals surface area (Å²) in [5, 5.41) is 1.95. The van der Waals surface area contributed by atoms with Gasteiger partial charge in [0.15, 0.2) is 0 Å². The van der Waals surface area contributed by atoms with Gasteiger partial charge in [-0.05, 0) is 29.5 Å². The number of nitrogens with zero attached hydrogens (tertiary/aromatic N) is 4. The van der Waals surface area contributed by atoms with Crippen LogP contribution in [0.4, 0.5) is 5.95 Å². The van der Waals surface area contributed by atoms with Crippen LogP contribution in [-0.4, -0.2) is 54.1 Å². The molecule has 3 rings (SSSR count). The van der Waals surface area contributed by atoms with Gasteiger partial charge in [-0.1, -0.05) is 0 Å². The quantitative estimate of drug-likeness (QED) is 0.799. The number of hydrogen-bond donors (Lipinski definition) is 0. The molecule has 1 aliphatic rings. The van der Waals surface area contributed by atoms with E-state index >= 15 is 0 Å². The molecular weight excluding hydrogens is 312 g/mol. The van der Waals surface area contributed by atoms with Gasteiger partial charge in [-0.15, -0.1) is 11.3 Å². The fraction of sp³-hybridized carbons (Fsp3) is 0.438. The van der Waals surface area contributed by atoms with Gasteiger partial charge < -0.3 is 9.64 Å². The number of hydrogen-bond acceptors (Lipinski definition) is 7. The van der Waals surface area contributed by atoms with E-state index in [9.17, 15) is 4.79 Å². The molecule has 1 aliphatic heterocycles. The molecule has 3 heterocycles. The Balaban J connectivity index is 1.63. The van der Waals surface area contributed by atoms with Crippen molar-refractivity contribution < 1.29 is 9.53 Å². The van der Waals surface area contributed by atoms with Gasteiger partial charge in [0.05, 0.1) is 7.11 Å². The van der Waals surface area contributed by atoms with Crippen LogP contribution in [0.25, 0.3) is 0 Å². The predicted molar refractivity (Wildman–Crippen MR) is 89.8 cm³/mol. The molecule has 1 fully saturated rings. The minimum absolute atomic E-state index is 0.246. The second kappa shape index (κ2) is 7.52. The monoisotopic (exact) mass is 332 g/mol. The minimum atomic E-state index is -0.246. The Morgan fingerprint density at radius 1 is 1.26 bits per heavy atom. The SMILES string of the molecule is COC(=O)c1sccc1CN1CCCN(c2ncccn2)CC1. The van der Waals surface area contributed by atoms with Crippen molar-refractivity contribution in [3.05, 3.63) is 40.3 Å². The van der Waals surface area contributed by atoms with Crippen LogP contribution in [0.2, 0.25) is 0 Å². The molecule has 0 radical (unpaired) electrons. The standard InChI is InChI=1S/C16H20N4O2S/c1-22-15(21)14-13(4-11-23-14)12-19-7-3-8-20(10-9-19)16-17-5-2-6-18-16/h2,4-6,11H,3,7-10,12H2,1H3. The largest absolute Gasteiger partial charge is 0.465 e. The number of esters is 1. The first-order valence-corrected chi connectivity index (χ1v) is 8.55. The summed E-state index contributed by atoms with van der Waals surface area (Å²) in [4.78, 5) is 25.7. The summed E-state index contributed by atoms with van der Waals surface area (Å²) < 4.78 is 4.85. The fourth-order valence-electron chi connectivity index (χ4n) is 2.76. The van der Waals surface area contributed by atoms with Crippen molar-refractivity contribution in [1.29, 1.82) is 0 Å². The second-order valence-corrected chi connectivity index (χ2v) is 6.35. The first kappa shape index (κ1) is 15.9. The third-order valence-corrected chi connectivity index (χ3v) is 4.87. The molecule has 122 valence electrons. The van der Waals surface area contributed by atoms with Gasteiger partial charge in [-0.3, -0.25) is 4.90 Å². The number of thiophene rings is 1. The van der Waals surface area contributed by atoms with Gasteiger partial charge in [0.1, 0.15) is 4.88 Å². The van der Waals surface area contributed by atoms with E-state index in [0.29, 0.717) is 4.88 Å². The van der Waals surface area contributed by atoms with Crippen LogP contribution in [0.3, 0.4) is 0 Å². The molecule has 0 aromatic carbocycles. The highest BCUT2D eigenvalue weighted by Crippen LogP contribution is 2.20. The van der Waals surface area contributed by atoms with E-state index < -0.39 is 0 Å². The van der Waals surface area contributed by atoms with E-state index in [2.05, 4.69) is 19.8 Å². The van der Waals surface area contributed by atoms with Gasteiger partial charge in [-0.2, -0.15) is 0 Å². The lowest BCUT2D eigenvalue weighted by atomic mass is 10.2. The molecule has 23 heavy (non-hydrogen) atoms. The van der Waals surface area contributed by atoms with Crippen LogP contribution in [0.1, 0.15) is 21.7 Å². The summed E-state index contributed by atoms with van der Waals surface area (Å²) in [5.41, 5.74) is 1.05. The number of methoxy groups -OCH3 is 1. The zero-order chi connectivity index (χ0) is 16.1. The fourth-order valence-corrected chi connectivity index (χ4v) is 3.59. The van der Waals surface area contributed by atoms with E-state index in [1.807, 2.05) is 17.5 Å². The van der Waals surface area contributed by atoms with Crippen molar-refractivity contribution in [2.45, 2.75) is 13.0 Å². The molecule has 2 aromatic rings. The number of rotatable bonds is 4. The van der Waals surface area contributed by atoms with Crippen LogP contribution in [0.5, 0.6) is 0 Å². The Labute approximate surface area is 139 Å². The number of ether oxygens (including phenoxy) is 1. The Morgan fingerprint density at radius 3 is 2.87 bits per heavy atom. The van der Waals surface area contributed by atoms with Crippen LogP contribution >= 0.6 is 11.3 Å². The maximum Gasteiger partial charge on any atom is 0.348 e. The predicted octanol–water partition coefficient (Wildman–Crippen LogP) is 2.04. The highest BCUT2D eigenvalue weighted by Gasteiger charge is 2.20. The Bertz CT molecular complexity index is 647. The molecule has 0 spiro atoms. The Morgan fingerprint density at radius 2 is 2.09 bits per heavy atom. The summed E-state index contributed by atoms with van der Waals surface area (Å²) in [6.45, 7) is 4.54. The van der Waals surface area contributed by atoms with Crippen LogP contribution in [0, 0.1) is 0 Å². The Hall–Kier alpha value is -1.99. The van der Waals surface area contributed by atoms with Crippen molar-refractivity contribution in [3.8, 4) is 0 Å². The van der Waals surface area contributed by atoms with Crippen LogP contribution in [0.15, 0.2) is 29.9 Å². The third kappa shape index (κ3) is 3.86. The van der Waals surface area contributed by atoms with E-state index in [0.717, 1.165) is 50.7 Å². The molecule has 0 unspecified atom stereocenters. The molecule has 0 atom stereocenters. The average Bonchev–Trinajstić information content (AvgIpc) is 2.92. The summed E-state index contributed by atoms with van der Waals surface area (Å²) in [6.07, 6.45) is 4.61. The zero-order valence-electron chi connectivity index (χ0n) is 13.1. The molecule has 7 heteroatoms. The first-order valence-electron chi connectivity index (χ1n) is 7.67. The molecule has 1 saturated heterocycles. The number of anilines is 1. The maximum atomic E-state index is 11.8. The Kier molecular flexibility index (Phi) is 5.19. The normalized spacial score (nSPS) is 16.1. The smallest absolute Gasteiger partial charge is 0.348 e. The van der Waals surface area contributed by atoms with Gasteiger partial charge in [0.2, 0.25) is 5.95 Å². The van der Waals surface area contributed by atoms with E-state index in [1.54, 1.807) is 12.4 Å². The molecule has 0 aliphatic carbocycles. The molecule has 0 saturated carbocycles. The van der Waals surface area contributed by atoms with Crippen molar-refractivity contribution in [1.82, 2.24) is 14.9 Å². The summed E-state index contributed by atoms with van der Waals surface area (Å²) in [5.74, 6) is 0.546. The maximum absolute atomic E-state index is 11.8. The molecule has 0 N–H and O–H groups in total. The van der Waals surface area contributed by atoms with E-state index in [1.165, 1.54) is 18.4 Å². The highest BCUT2D eigenvalue weighted by molar-refractivity contribution is 7.12. The third-order valence-electron chi connectivity index (χ3n) is 3.94. The highest BCUT2D eigenvalue weighted by atomic mass is 32.1. The number of carbonyl (C=O) groups is 1. The van der Waals surface area contributed by atoms with Crippen molar-refractivity contribution in [3.63, 3.8) is 0 Å². The average molecular weight is 332 g/mol. The van der Waals surface area contributed by atoms with Gasteiger partial charge in [0, 0.05) is 45.1 Å². The van der Waals surface area contributed by atoms with E-state index in [-0.39, 0.29) is 5.97 Å². The second-order valence-electron chi connectivity index (χ2n) is 5.43. The summed E-state index contributed by atoms with van der Waals surface area (Å²) in [6, 6.07) is 3.85. The molecule has 2 aromatic heterocycles. The van der Waals surface area contributed by atoms with Crippen LogP contribution in [-0.2, 0) is 11.3 Å². The minimum Gasteiger partial charge on any atom is -0.465 e. The topological polar surface area (TPSA) is 58.6 Å². The molecular formula is C16H20N4O2S. The van der Waals surface area contributed by atoms with Crippen molar-refractivity contribution in [2.75, 3.05) is 38.2 Å². The van der Waals surface area contributed by atoms with Gasteiger partial charge in [-0.25, -0.2) is 14.8 Å². The lowest BCUT2D eigenvalue weighted by Gasteiger charge is -2.21. The first-order chi connectivity index (χ1) is 11.3. The summed E-state index contributed by atoms with van der Waals surface area (Å²) >= 11 is 1.44. The number of carbonyl (C=O) groups excluding carboxylic acids is 1. The van der Waals surface area contributed by atoms with Crippen molar-refractivity contribution in [2.24, 2.45) is 0 Å². The van der Waals surface area contributed by atoms with E-state index in [4.69, 9.17) is 4.74 Å². The molecule has 6 nitrogen and oxygen atoms in total. The zero-order valence-corrected chi connectivity index (χ0v) is 14.0. The van der Waals surface area contributed by atoms with Crippen molar-refractivity contribution >= 4 is 23.3 Å².